The maximum Gasteiger partial charge on any atom is 0.241 e. The molecule has 0 aromatic heterocycles. The average molecular weight is 328 g/mol. The van der Waals surface area contributed by atoms with Gasteiger partial charge in [-0.1, -0.05) is 12.1 Å². The number of hydrogen-bond donors (Lipinski definition) is 1. The second-order valence-electron chi connectivity index (χ2n) is 5.50. The summed E-state index contributed by atoms with van der Waals surface area (Å²) in [6.07, 6.45) is 2.18. The minimum absolute atomic E-state index is 0. The number of benzene rings is 1. The van der Waals surface area contributed by atoms with E-state index in [0.717, 1.165) is 43.9 Å². The average Bonchev–Trinajstić information content (AvgIpc) is 2.46. The van der Waals surface area contributed by atoms with Crippen LogP contribution in [0.4, 0.5) is 5.69 Å². The zero-order chi connectivity index (χ0) is 13.9. The molecule has 0 saturated carbocycles. The summed E-state index contributed by atoms with van der Waals surface area (Å²) in [4.78, 5) is 17.9. The number of carbonyl (C=O) groups excluding carboxylic acids is 1. The van der Waals surface area contributed by atoms with E-state index in [4.69, 9.17) is 5.73 Å². The first kappa shape index (κ1) is 16.6. The number of rotatable bonds is 2. The Morgan fingerprint density at radius 3 is 2.95 bits per heavy atom. The summed E-state index contributed by atoms with van der Waals surface area (Å²) >= 11 is 1.83. The van der Waals surface area contributed by atoms with Crippen LogP contribution in [0.2, 0.25) is 0 Å². The first-order valence-corrected chi connectivity index (χ1v) is 8.23. The maximum atomic E-state index is 12.6. The van der Waals surface area contributed by atoms with Crippen LogP contribution < -0.4 is 10.6 Å². The number of likely N-dealkylation sites (tertiary alicyclic amines) is 1. The van der Waals surface area contributed by atoms with Gasteiger partial charge in [0, 0.05) is 29.8 Å². The molecule has 1 amide bonds. The molecule has 6 heteroatoms. The Kier molecular flexibility index (Phi) is 5.93. The van der Waals surface area contributed by atoms with Crippen LogP contribution in [0.5, 0.6) is 0 Å². The van der Waals surface area contributed by atoms with Gasteiger partial charge in [-0.3, -0.25) is 9.69 Å². The number of piperidine rings is 1. The summed E-state index contributed by atoms with van der Waals surface area (Å²) < 4.78 is 0. The van der Waals surface area contributed by atoms with Crippen molar-refractivity contribution < 1.29 is 4.79 Å². The third-order valence-electron chi connectivity index (χ3n) is 3.93. The highest BCUT2D eigenvalue weighted by molar-refractivity contribution is 7.99. The third-order valence-corrected chi connectivity index (χ3v) is 4.97. The molecular weight excluding hydrogens is 306 g/mol. The zero-order valence-electron chi connectivity index (χ0n) is 12.0. The van der Waals surface area contributed by atoms with E-state index in [1.165, 1.54) is 4.90 Å². The van der Waals surface area contributed by atoms with Crippen LogP contribution in [0.15, 0.2) is 29.2 Å². The van der Waals surface area contributed by atoms with Crippen molar-refractivity contribution in [3.05, 3.63) is 24.3 Å². The Balaban J connectivity index is 0.00000161. The third kappa shape index (κ3) is 3.92. The number of nitrogens with two attached hydrogens (primary N) is 1. The Hall–Kier alpha value is -0.750. The maximum absolute atomic E-state index is 12.6. The van der Waals surface area contributed by atoms with E-state index in [1.807, 2.05) is 34.9 Å². The van der Waals surface area contributed by atoms with Crippen LogP contribution in [0.1, 0.15) is 12.8 Å². The number of amides is 1. The molecule has 2 aliphatic rings. The van der Waals surface area contributed by atoms with Gasteiger partial charge < -0.3 is 10.6 Å². The molecule has 1 aromatic rings. The molecule has 21 heavy (non-hydrogen) atoms. The molecule has 1 atom stereocenters. The summed E-state index contributed by atoms with van der Waals surface area (Å²) in [7, 11) is 0. The van der Waals surface area contributed by atoms with Gasteiger partial charge in [-0.25, -0.2) is 0 Å². The predicted octanol–water partition coefficient (Wildman–Crippen LogP) is 1.97. The molecule has 0 unspecified atom stereocenters. The molecule has 0 spiro atoms. The highest BCUT2D eigenvalue weighted by atomic mass is 35.5. The number of para-hydroxylation sites is 1. The Morgan fingerprint density at radius 1 is 1.33 bits per heavy atom. The minimum Gasteiger partial charge on any atom is -0.327 e. The van der Waals surface area contributed by atoms with Gasteiger partial charge in [-0.05, 0) is 31.5 Å². The Bertz CT molecular complexity index is 500. The van der Waals surface area contributed by atoms with Crippen molar-refractivity contribution in [3.8, 4) is 0 Å². The van der Waals surface area contributed by atoms with Crippen LogP contribution in [-0.4, -0.2) is 48.8 Å². The summed E-state index contributed by atoms with van der Waals surface area (Å²) in [6, 6.07) is 8.39. The minimum atomic E-state index is 0. The molecule has 2 aliphatic heterocycles. The number of thioether (sulfide) groups is 1. The monoisotopic (exact) mass is 327 g/mol. The summed E-state index contributed by atoms with van der Waals surface area (Å²) in [5, 5.41) is 0. The number of hydrogen-bond acceptors (Lipinski definition) is 4. The molecule has 1 aromatic carbocycles. The number of nitrogens with zero attached hydrogens (tertiary/aromatic N) is 2. The summed E-state index contributed by atoms with van der Waals surface area (Å²) in [5.74, 6) is 1.18. The number of anilines is 1. The Labute approximate surface area is 136 Å². The SMILES string of the molecule is Cl.N[C@@H]1CCCN(CC(=O)N2CCSc3ccccc32)C1. The quantitative estimate of drug-likeness (QED) is 0.902. The van der Waals surface area contributed by atoms with Gasteiger partial charge in [-0.15, -0.1) is 24.2 Å². The smallest absolute Gasteiger partial charge is 0.241 e. The molecule has 1 saturated heterocycles. The largest absolute Gasteiger partial charge is 0.327 e. The van der Waals surface area contributed by atoms with Gasteiger partial charge in [-0.2, -0.15) is 0 Å². The van der Waals surface area contributed by atoms with E-state index in [2.05, 4.69) is 11.0 Å². The second kappa shape index (κ2) is 7.49. The number of carbonyl (C=O) groups is 1. The number of halogens is 1. The molecule has 116 valence electrons. The van der Waals surface area contributed by atoms with Crippen molar-refractivity contribution in [2.45, 2.75) is 23.8 Å². The van der Waals surface area contributed by atoms with Crippen molar-refractivity contribution in [2.75, 3.05) is 36.8 Å². The molecule has 0 radical (unpaired) electrons. The van der Waals surface area contributed by atoms with Crippen molar-refractivity contribution in [3.63, 3.8) is 0 Å². The highest BCUT2D eigenvalue weighted by Crippen LogP contribution is 2.34. The zero-order valence-corrected chi connectivity index (χ0v) is 13.7. The van der Waals surface area contributed by atoms with Gasteiger partial charge >= 0.3 is 0 Å². The molecule has 1 fully saturated rings. The lowest BCUT2D eigenvalue weighted by molar-refractivity contribution is -0.120. The lowest BCUT2D eigenvalue weighted by Crippen LogP contribution is -2.48. The van der Waals surface area contributed by atoms with Gasteiger partial charge in [0.1, 0.15) is 0 Å². The van der Waals surface area contributed by atoms with Gasteiger partial charge in [0.15, 0.2) is 0 Å². The fourth-order valence-electron chi connectivity index (χ4n) is 2.94. The van der Waals surface area contributed by atoms with Crippen LogP contribution in [-0.2, 0) is 4.79 Å². The molecule has 3 rings (SSSR count). The molecule has 2 N–H and O–H groups in total. The summed E-state index contributed by atoms with van der Waals surface area (Å²) in [6.45, 7) is 3.13. The molecule has 0 aliphatic carbocycles. The second-order valence-corrected chi connectivity index (χ2v) is 6.64. The molecular formula is C15H22ClN3OS. The van der Waals surface area contributed by atoms with E-state index >= 15 is 0 Å². The molecule has 0 bridgehead atoms. The van der Waals surface area contributed by atoms with Gasteiger partial charge in [0.25, 0.3) is 0 Å². The molecule has 2 heterocycles. The normalized spacial score (nSPS) is 22.3. The van der Waals surface area contributed by atoms with E-state index < -0.39 is 0 Å². The Morgan fingerprint density at radius 2 is 2.14 bits per heavy atom. The fourth-order valence-corrected chi connectivity index (χ4v) is 3.93. The van der Waals surface area contributed by atoms with Crippen LogP contribution >= 0.6 is 24.2 Å². The predicted molar refractivity (Wildman–Crippen MR) is 90.4 cm³/mol. The first-order chi connectivity index (χ1) is 9.74. The van der Waals surface area contributed by atoms with Gasteiger partial charge in [0.2, 0.25) is 5.91 Å². The van der Waals surface area contributed by atoms with E-state index in [9.17, 15) is 4.79 Å². The van der Waals surface area contributed by atoms with E-state index in [-0.39, 0.29) is 24.4 Å². The van der Waals surface area contributed by atoms with E-state index in [0.29, 0.717) is 6.54 Å². The lowest BCUT2D eigenvalue weighted by Gasteiger charge is -2.34. The standard InChI is InChI=1S/C15H21N3OS.ClH/c16-12-4-3-7-17(10-12)11-15(19)18-8-9-20-14-6-2-1-5-13(14)18;/h1-2,5-6,12H,3-4,7-11,16H2;1H/t12-;/m1./s1. The van der Waals surface area contributed by atoms with Gasteiger partial charge in [0.05, 0.1) is 12.2 Å². The lowest BCUT2D eigenvalue weighted by atomic mass is 10.1. The highest BCUT2D eigenvalue weighted by Gasteiger charge is 2.25. The van der Waals surface area contributed by atoms with Crippen LogP contribution in [0.3, 0.4) is 0 Å². The van der Waals surface area contributed by atoms with Crippen molar-refractivity contribution in [1.29, 1.82) is 0 Å². The first-order valence-electron chi connectivity index (χ1n) is 7.24. The van der Waals surface area contributed by atoms with Crippen molar-refractivity contribution in [1.82, 2.24) is 4.90 Å². The van der Waals surface area contributed by atoms with E-state index in [1.54, 1.807) is 0 Å². The summed E-state index contributed by atoms with van der Waals surface area (Å²) in [5.41, 5.74) is 7.05. The van der Waals surface area contributed by atoms with Crippen molar-refractivity contribution >= 4 is 35.8 Å². The van der Waals surface area contributed by atoms with Crippen LogP contribution in [0.25, 0.3) is 0 Å². The number of fused-ring (bicyclic) bond motifs is 1. The van der Waals surface area contributed by atoms with Crippen molar-refractivity contribution in [2.24, 2.45) is 5.73 Å². The van der Waals surface area contributed by atoms with Crippen LogP contribution in [0, 0.1) is 0 Å². The topological polar surface area (TPSA) is 49.6 Å². The molecule has 4 nitrogen and oxygen atoms in total. The fraction of sp³-hybridized carbons (Fsp3) is 0.533.